The van der Waals surface area contributed by atoms with E-state index in [1.54, 1.807) is 35.2 Å². The highest BCUT2D eigenvalue weighted by Gasteiger charge is 2.44. The Labute approximate surface area is 167 Å². The molecule has 2 aromatic heterocycles. The summed E-state index contributed by atoms with van der Waals surface area (Å²) < 4.78 is 5.94. The number of carbonyl (C=O) groups is 1. The zero-order valence-electron chi connectivity index (χ0n) is 16.0. The molecule has 0 saturated carbocycles. The van der Waals surface area contributed by atoms with E-state index in [2.05, 4.69) is 4.98 Å². The van der Waals surface area contributed by atoms with E-state index in [0.29, 0.717) is 22.4 Å². The number of amides is 1. The van der Waals surface area contributed by atoms with E-state index in [1.165, 1.54) is 0 Å². The van der Waals surface area contributed by atoms with Crippen molar-refractivity contribution in [1.82, 2.24) is 4.98 Å². The van der Waals surface area contributed by atoms with E-state index >= 15 is 0 Å². The first-order chi connectivity index (χ1) is 14.0. The number of nitrogens with zero attached hydrogens (tertiary/aromatic N) is 2. The van der Waals surface area contributed by atoms with Crippen molar-refractivity contribution in [2.24, 2.45) is 0 Å². The molecule has 5 rings (SSSR count). The maximum absolute atomic E-state index is 13.4. The van der Waals surface area contributed by atoms with Crippen LogP contribution in [-0.2, 0) is 0 Å². The van der Waals surface area contributed by atoms with E-state index in [-0.39, 0.29) is 17.1 Å². The van der Waals surface area contributed by atoms with Crippen molar-refractivity contribution in [3.05, 3.63) is 105 Å². The highest BCUT2D eigenvalue weighted by Crippen LogP contribution is 2.40. The minimum absolute atomic E-state index is 0.0857. The Morgan fingerprint density at radius 1 is 0.897 bits per heavy atom. The molecular formula is C24H18N2O3. The first-order valence-electron chi connectivity index (χ1n) is 9.44. The average Bonchev–Trinajstić information content (AvgIpc) is 3.02. The molecule has 0 bridgehead atoms. The Hall–Kier alpha value is -3.73. The van der Waals surface area contributed by atoms with Gasteiger partial charge in [0.25, 0.3) is 5.91 Å². The highest BCUT2D eigenvalue weighted by atomic mass is 16.3. The first kappa shape index (κ1) is 17.4. The van der Waals surface area contributed by atoms with Gasteiger partial charge in [-0.1, -0.05) is 48.0 Å². The lowest BCUT2D eigenvalue weighted by Crippen LogP contribution is -2.30. The minimum atomic E-state index is -0.590. The van der Waals surface area contributed by atoms with Gasteiger partial charge in [0.1, 0.15) is 11.4 Å². The first-order valence-corrected chi connectivity index (χ1v) is 9.44. The maximum Gasteiger partial charge on any atom is 0.296 e. The Kier molecular flexibility index (Phi) is 3.84. The molecule has 1 amide bonds. The molecule has 0 saturated heterocycles. The van der Waals surface area contributed by atoms with Crippen LogP contribution in [0, 0.1) is 13.8 Å². The summed E-state index contributed by atoms with van der Waals surface area (Å²) in [6.07, 6.45) is 0. The molecule has 5 nitrogen and oxygen atoms in total. The number of aryl methyl sites for hydroxylation is 2. The Balaban J connectivity index is 1.82. The molecule has 0 spiro atoms. The minimum Gasteiger partial charge on any atom is -0.450 e. The summed E-state index contributed by atoms with van der Waals surface area (Å²) in [6, 6.07) is 19.8. The van der Waals surface area contributed by atoms with Crippen molar-refractivity contribution in [2.75, 3.05) is 4.90 Å². The van der Waals surface area contributed by atoms with Gasteiger partial charge >= 0.3 is 0 Å². The van der Waals surface area contributed by atoms with Gasteiger partial charge in [-0.3, -0.25) is 14.5 Å². The van der Waals surface area contributed by atoms with Gasteiger partial charge < -0.3 is 4.42 Å². The summed E-state index contributed by atoms with van der Waals surface area (Å²) in [7, 11) is 0. The number of pyridine rings is 1. The quantitative estimate of drug-likeness (QED) is 0.510. The number of anilines is 1. The van der Waals surface area contributed by atoms with Crippen LogP contribution in [0.3, 0.4) is 0 Å². The van der Waals surface area contributed by atoms with E-state index in [9.17, 15) is 9.59 Å². The lowest BCUT2D eigenvalue weighted by atomic mass is 9.97. The smallest absolute Gasteiger partial charge is 0.296 e. The van der Waals surface area contributed by atoms with Gasteiger partial charge in [-0.05, 0) is 43.7 Å². The van der Waals surface area contributed by atoms with Crippen LogP contribution in [0.15, 0.2) is 75.9 Å². The van der Waals surface area contributed by atoms with Crippen molar-refractivity contribution >= 4 is 22.7 Å². The third-order valence-electron chi connectivity index (χ3n) is 5.29. The number of fused-ring (bicyclic) bond motifs is 2. The van der Waals surface area contributed by atoms with E-state index in [0.717, 1.165) is 16.8 Å². The number of aromatic nitrogens is 1. The van der Waals surface area contributed by atoms with Gasteiger partial charge in [0.05, 0.1) is 17.0 Å². The Bertz CT molecular complexity index is 1320. The third-order valence-corrected chi connectivity index (χ3v) is 5.29. The maximum atomic E-state index is 13.4. The molecule has 0 unspecified atom stereocenters. The molecule has 0 fully saturated rings. The molecule has 0 radical (unpaired) electrons. The molecule has 1 aliphatic heterocycles. The topological polar surface area (TPSA) is 63.4 Å². The molecule has 1 aliphatic rings. The molecule has 5 heteroatoms. The van der Waals surface area contributed by atoms with Crippen LogP contribution >= 0.6 is 0 Å². The van der Waals surface area contributed by atoms with Crippen molar-refractivity contribution in [2.45, 2.75) is 19.9 Å². The van der Waals surface area contributed by atoms with Crippen molar-refractivity contribution < 1.29 is 9.21 Å². The lowest BCUT2D eigenvalue weighted by Gasteiger charge is -2.24. The standard InChI is InChI=1S/C24H18N2O3/c1-14-10-12-16(13-11-14)21-20-22(27)17-7-3-4-8-18(17)29-23(20)24(28)26(21)19-9-5-6-15(2)25-19/h3-13,21H,1-2H3/t21-/m0/s1. The molecule has 1 atom stereocenters. The van der Waals surface area contributed by atoms with Crippen LogP contribution in [0.2, 0.25) is 0 Å². The average molecular weight is 382 g/mol. The summed E-state index contributed by atoms with van der Waals surface area (Å²) in [5.74, 6) is 0.226. The molecule has 142 valence electrons. The zero-order chi connectivity index (χ0) is 20.1. The monoisotopic (exact) mass is 382 g/mol. The summed E-state index contributed by atoms with van der Waals surface area (Å²) in [6.45, 7) is 3.87. The Morgan fingerprint density at radius 2 is 1.66 bits per heavy atom. The summed E-state index contributed by atoms with van der Waals surface area (Å²) in [5, 5.41) is 0.468. The fourth-order valence-electron chi connectivity index (χ4n) is 3.88. The van der Waals surface area contributed by atoms with Crippen LogP contribution in [0.4, 0.5) is 5.82 Å². The predicted octanol–water partition coefficient (Wildman–Crippen LogP) is 4.55. The Morgan fingerprint density at radius 3 is 2.41 bits per heavy atom. The van der Waals surface area contributed by atoms with E-state index in [1.807, 2.05) is 50.2 Å². The number of benzene rings is 2. The fourth-order valence-corrected chi connectivity index (χ4v) is 3.88. The molecular weight excluding hydrogens is 364 g/mol. The van der Waals surface area contributed by atoms with Gasteiger partial charge in [0.2, 0.25) is 5.76 Å². The SMILES string of the molecule is Cc1ccc([C@H]2c3c(oc4ccccc4c3=O)C(=O)N2c2cccc(C)n2)cc1. The number of rotatable bonds is 2. The summed E-state index contributed by atoms with van der Waals surface area (Å²) in [5.41, 5.74) is 3.32. The normalized spacial score (nSPS) is 15.7. The van der Waals surface area contributed by atoms with Gasteiger partial charge in [-0.25, -0.2) is 4.98 Å². The van der Waals surface area contributed by atoms with Gasteiger partial charge in [-0.2, -0.15) is 0 Å². The van der Waals surface area contributed by atoms with E-state index < -0.39 is 6.04 Å². The molecule has 29 heavy (non-hydrogen) atoms. The summed E-state index contributed by atoms with van der Waals surface area (Å²) >= 11 is 0. The molecule has 0 N–H and O–H groups in total. The van der Waals surface area contributed by atoms with Crippen molar-refractivity contribution in [1.29, 1.82) is 0 Å². The van der Waals surface area contributed by atoms with Crippen molar-refractivity contribution in [3.8, 4) is 0 Å². The molecule has 0 aliphatic carbocycles. The van der Waals surface area contributed by atoms with Crippen LogP contribution in [0.5, 0.6) is 0 Å². The van der Waals surface area contributed by atoms with Crippen LogP contribution in [-0.4, -0.2) is 10.9 Å². The number of para-hydroxylation sites is 1. The van der Waals surface area contributed by atoms with Gasteiger partial charge in [-0.15, -0.1) is 0 Å². The second kappa shape index (κ2) is 6.41. The van der Waals surface area contributed by atoms with Crippen LogP contribution < -0.4 is 10.3 Å². The second-order valence-electron chi connectivity index (χ2n) is 7.30. The zero-order valence-corrected chi connectivity index (χ0v) is 16.0. The van der Waals surface area contributed by atoms with Gasteiger partial charge in [0.15, 0.2) is 5.43 Å². The molecule has 3 heterocycles. The number of hydrogen-bond donors (Lipinski definition) is 0. The number of hydrogen-bond acceptors (Lipinski definition) is 4. The van der Waals surface area contributed by atoms with Gasteiger partial charge in [0, 0.05) is 5.69 Å². The lowest BCUT2D eigenvalue weighted by molar-refractivity contribution is 0.0970. The van der Waals surface area contributed by atoms with Crippen molar-refractivity contribution in [3.63, 3.8) is 0 Å². The second-order valence-corrected chi connectivity index (χ2v) is 7.30. The third kappa shape index (κ3) is 2.66. The molecule has 4 aromatic rings. The highest BCUT2D eigenvalue weighted by molar-refractivity contribution is 6.10. The predicted molar refractivity (Wildman–Crippen MR) is 111 cm³/mol. The van der Waals surface area contributed by atoms with Crippen LogP contribution in [0.1, 0.15) is 39.0 Å². The summed E-state index contributed by atoms with van der Waals surface area (Å²) in [4.78, 5) is 32.9. The fraction of sp³-hybridized carbons (Fsp3) is 0.125. The van der Waals surface area contributed by atoms with E-state index in [4.69, 9.17) is 4.42 Å². The number of carbonyl (C=O) groups excluding carboxylic acids is 1. The van der Waals surface area contributed by atoms with Crippen LogP contribution in [0.25, 0.3) is 11.0 Å². The molecule has 2 aromatic carbocycles. The largest absolute Gasteiger partial charge is 0.450 e.